The number of nitrogens with one attached hydrogen (secondary N) is 1. The molecule has 6 heteroatoms. The van der Waals surface area contributed by atoms with Crippen molar-refractivity contribution in [1.29, 1.82) is 5.41 Å². The second-order valence-corrected chi connectivity index (χ2v) is 6.84. The number of hydrogen-bond donors (Lipinski definition) is 2. The van der Waals surface area contributed by atoms with Crippen molar-refractivity contribution in [2.45, 2.75) is 26.0 Å². The summed E-state index contributed by atoms with van der Waals surface area (Å²) in [6.45, 7) is 1.31. The molecule has 2 aromatic carbocycles. The second-order valence-electron chi connectivity index (χ2n) is 6.84. The fraction of sp³-hybridized carbons (Fsp3) is 0.174. The molecule has 29 heavy (non-hydrogen) atoms. The Kier molecular flexibility index (Phi) is 5.52. The molecular formula is C23H23N5O. The zero-order valence-electron chi connectivity index (χ0n) is 16.1. The Labute approximate surface area is 169 Å². The van der Waals surface area contributed by atoms with Gasteiger partial charge in [0.2, 0.25) is 0 Å². The van der Waals surface area contributed by atoms with E-state index in [0.717, 1.165) is 52.9 Å². The fourth-order valence-corrected chi connectivity index (χ4v) is 3.37. The maximum absolute atomic E-state index is 7.22. The van der Waals surface area contributed by atoms with Crippen molar-refractivity contribution in [3.8, 4) is 16.9 Å². The van der Waals surface area contributed by atoms with Crippen molar-refractivity contribution in [3.05, 3.63) is 72.7 Å². The number of ether oxygens (including phenoxy) is 1. The van der Waals surface area contributed by atoms with Crippen LogP contribution in [-0.2, 0) is 13.2 Å². The predicted molar refractivity (Wildman–Crippen MR) is 116 cm³/mol. The number of rotatable bonds is 8. The summed E-state index contributed by atoms with van der Waals surface area (Å²) >= 11 is 0. The standard InChI is InChI=1S/C23H23N5O/c24-12-4-5-13-28-14-20(21-22(25)26-16-27-23(21)28)18-8-10-19(11-9-18)29-15-17-6-2-1-3-7-17/h1-3,6-12,14,16,24H,4-5,13,15H2,(H2,25,26,27). The molecule has 0 radical (unpaired) electrons. The molecule has 0 fully saturated rings. The summed E-state index contributed by atoms with van der Waals surface area (Å²) in [6.07, 6.45) is 6.62. The van der Waals surface area contributed by atoms with Crippen LogP contribution in [-0.4, -0.2) is 20.7 Å². The van der Waals surface area contributed by atoms with Gasteiger partial charge in [-0.2, -0.15) is 0 Å². The van der Waals surface area contributed by atoms with Crippen molar-refractivity contribution in [3.63, 3.8) is 0 Å². The van der Waals surface area contributed by atoms with Gasteiger partial charge in [-0.25, -0.2) is 9.97 Å². The summed E-state index contributed by atoms with van der Waals surface area (Å²) < 4.78 is 7.98. The van der Waals surface area contributed by atoms with Gasteiger partial charge in [0.25, 0.3) is 0 Å². The number of hydrogen-bond acceptors (Lipinski definition) is 5. The van der Waals surface area contributed by atoms with Crippen molar-refractivity contribution in [2.24, 2.45) is 0 Å². The first-order valence-corrected chi connectivity index (χ1v) is 9.61. The van der Waals surface area contributed by atoms with E-state index in [1.807, 2.05) is 54.6 Å². The van der Waals surface area contributed by atoms with Crippen LogP contribution in [0.1, 0.15) is 18.4 Å². The van der Waals surface area contributed by atoms with Crippen LogP contribution in [0.2, 0.25) is 0 Å². The van der Waals surface area contributed by atoms with Crippen LogP contribution in [0.25, 0.3) is 22.2 Å². The molecule has 4 aromatic rings. The van der Waals surface area contributed by atoms with Crippen molar-refractivity contribution >= 4 is 23.1 Å². The van der Waals surface area contributed by atoms with E-state index in [-0.39, 0.29) is 0 Å². The van der Waals surface area contributed by atoms with E-state index in [0.29, 0.717) is 12.4 Å². The Bertz CT molecular complexity index is 1100. The lowest BCUT2D eigenvalue weighted by atomic mass is 10.1. The molecule has 0 saturated carbocycles. The lowest BCUT2D eigenvalue weighted by Gasteiger charge is -2.07. The highest BCUT2D eigenvalue weighted by atomic mass is 16.5. The molecule has 0 aliphatic rings. The summed E-state index contributed by atoms with van der Waals surface area (Å²) in [7, 11) is 0. The maximum Gasteiger partial charge on any atom is 0.146 e. The summed E-state index contributed by atoms with van der Waals surface area (Å²) in [6, 6.07) is 18.1. The number of nitrogens with zero attached hydrogens (tertiary/aromatic N) is 3. The Morgan fingerprint density at radius 3 is 2.59 bits per heavy atom. The van der Waals surface area contributed by atoms with Crippen LogP contribution < -0.4 is 10.5 Å². The number of nitrogens with two attached hydrogens (primary N) is 1. The smallest absolute Gasteiger partial charge is 0.146 e. The summed E-state index contributed by atoms with van der Waals surface area (Å²) in [5, 5.41) is 8.08. The molecule has 0 amide bonds. The first-order chi connectivity index (χ1) is 14.3. The summed E-state index contributed by atoms with van der Waals surface area (Å²) in [4.78, 5) is 8.61. The minimum atomic E-state index is 0.472. The minimum Gasteiger partial charge on any atom is -0.489 e. The van der Waals surface area contributed by atoms with E-state index in [1.165, 1.54) is 12.5 Å². The zero-order valence-corrected chi connectivity index (χ0v) is 16.1. The average Bonchev–Trinajstić information content (AvgIpc) is 3.14. The third-order valence-electron chi connectivity index (χ3n) is 4.84. The number of benzene rings is 2. The van der Waals surface area contributed by atoms with Crippen LogP contribution in [0.15, 0.2) is 67.1 Å². The van der Waals surface area contributed by atoms with Gasteiger partial charge in [0.1, 0.15) is 30.1 Å². The Morgan fingerprint density at radius 1 is 1.03 bits per heavy atom. The van der Waals surface area contributed by atoms with Crippen LogP contribution in [0.3, 0.4) is 0 Å². The lowest BCUT2D eigenvalue weighted by molar-refractivity contribution is 0.306. The molecular weight excluding hydrogens is 362 g/mol. The van der Waals surface area contributed by atoms with Gasteiger partial charge in [-0.15, -0.1) is 0 Å². The average molecular weight is 385 g/mol. The molecule has 6 nitrogen and oxygen atoms in total. The summed E-state index contributed by atoms with van der Waals surface area (Å²) in [5.41, 5.74) is 10.2. The summed E-state index contributed by atoms with van der Waals surface area (Å²) in [5.74, 6) is 1.29. The van der Waals surface area contributed by atoms with E-state index >= 15 is 0 Å². The maximum atomic E-state index is 7.22. The highest BCUT2D eigenvalue weighted by molar-refractivity contribution is 6.00. The molecule has 2 aromatic heterocycles. The van der Waals surface area contributed by atoms with Gasteiger partial charge in [-0.05, 0) is 42.3 Å². The first kappa shape index (κ1) is 18.7. The second kappa shape index (κ2) is 8.56. The van der Waals surface area contributed by atoms with Gasteiger partial charge < -0.3 is 20.4 Å². The molecule has 0 unspecified atom stereocenters. The van der Waals surface area contributed by atoms with Gasteiger partial charge in [0.15, 0.2) is 0 Å². The van der Waals surface area contributed by atoms with Crippen LogP contribution in [0, 0.1) is 5.41 Å². The van der Waals surface area contributed by atoms with Gasteiger partial charge >= 0.3 is 0 Å². The molecule has 0 atom stereocenters. The molecule has 0 spiro atoms. The number of fused-ring (bicyclic) bond motifs is 1. The van der Waals surface area contributed by atoms with E-state index < -0.39 is 0 Å². The lowest BCUT2D eigenvalue weighted by Crippen LogP contribution is -1.99. The normalized spacial score (nSPS) is 10.9. The first-order valence-electron chi connectivity index (χ1n) is 9.61. The largest absolute Gasteiger partial charge is 0.489 e. The molecule has 0 aliphatic heterocycles. The molecule has 4 rings (SSSR count). The van der Waals surface area contributed by atoms with E-state index in [4.69, 9.17) is 15.9 Å². The number of nitrogen functional groups attached to an aromatic ring is 1. The van der Waals surface area contributed by atoms with Crippen molar-refractivity contribution in [1.82, 2.24) is 14.5 Å². The molecule has 0 saturated heterocycles. The number of aryl methyl sites for hydroxylation is 1. The SMILES string of the molecule is N=CCCCn1cc(-c2ccc(OCc3ccccc3)cc2)c2c(N)ncnc21. The van der Waals surface area contributed by atoms with Crippen LogP contribution >= 0.6 is 0 Å². The number of unbranched alkanes of at least 4 members (excludes halogenated alkanes) is 1. The third-order valence-corrected chi connectivity index (χ3v) is 4.84. The van der Waals surface area contributed by atoms with Crippen molar-refractivity contribution < 1.29 is 4.74 Å². The topological polar surface area (TPSA) is 89.8 Å². The molecule has 0 bridgehead atoms. The molecule has 3 N–H and O–H groups in total. The van der Waals surface area contributed by atoms with Gasteiger partial charge in [0.05, 0.1) is 5.39 Å². The Hall–Kier alpha value is -3.67. The highest BCUT2D eigenvalue weighted by Crippen LogP contribution is 2.33. The predicted octanol–water partition coefficient (Wildman–Crippen LogP) is 4.69. The van der Waals surface area contributed by atoms with Crippen LogP contribution in [0.4, 0.5) is 5.82 Å². The Morgan fingerprint density at radius 2 is 1.83 bits per heavy atom. The highest BCUT2D eigenvalue weighted by Gasteiger charge is 2.15. The molecule has 0 aliphatic carbocycles. The Balaban J connectivity index is 1.59. The van der Waals surface area contributed by atoms with E-state index in [2.05, 4.69) is 20.7 Å². The van der Waals surface area contributed by atoms with Gasteiger partial charge in [-0.1, -0.05) is 42.5 Å². The number of aromatic nitrogens is 3. The fourth-order valence-electron chi connectivity index (χ4n) is 3.37. The van der Waals surface area contributed by atoms with Crippen LogP contribution in [0.5, 0.6) is 5.75 Å². The number of anilines is 1. The molecule has 2 heterocycles. The monoisotopic (exact) mass is 385 g/mol. The minimum absolute atomic E-state index is 0.472. The zero-order chi connectivity index (χ0) is 20.1. The van der Waals surface area contributed by atoms with Gasteiger partial charge in [-0.3, -0.25) is 0 Å². The van der Waals surface area contributed by atoms with Gasteiger partial charge in [0, 0.05) is 18.3 Å². The van der Waals surface area contributed by atoms with E-state index in [9.17, 15) is 0 Å². The molecule has 146 valence electrons. The van der Waals surface area contributed by atoms with Crippen molar-refractivity contribution in [2.75, 3.05) is 5.73 Å². The quantitative estimate of drug-likeness (QED) is 0.340. The third kappa shape index (κ3) is 4.11. The van der Waals surface area contributed by atoms with E-state index in [1.54, 1.807) is 0 Å².